The molecule has 2 aliphatic heterocycles. The van der Waals surface area contributed by atoms with E-state index in [1.807, 2.05) is 6.92 Å². The minimum atomic E-state index is -0.281. The Morgan fingerprint density at radius 2 is 2.00 bits per heavy atom. The summed E-state index contributed by atoms with van der Waals surface area (Å²) in [7, 11) is 0. The molecule has 0 saturated carbocycles. The number of nitrogens with one attached hydrogen (secondary N) is 3. The van der Waals surface area contributed by atoms with Gasteiger partial charge in [-0.05, 0) is 49.7 Å². The topological polar surface area (TPSA) is 122 Å². The molecule has 9 heteroatoms. The van der Waals surface area contributed by atoms with Gasteiger partial charge in [0.2, 0.25) is 0 Å². The van der Waals surface area contributed by atoms with Crippen molar-refractivity contribution >= 4 is 29.2 Å². The number of aryl methyl sites for hydroxylation is 2. The molecule has 2 aliphatic rings. The predicted octanol–water partition coefficient (Wildman–Crippen LogP) is 2.69. The smallest absolute Gasteiger partial charge is 0.263 e. The van der Waals surface area contributed by atoms with E-state index < -0.39 is 0 Å². The molecule has 0 aromatic carbocycles. The normalized spacial score (nSPS) is 17.5. The molecule has 3 N–H and O–H groups in total. The molecular formula is C21H19N5O4. The summed E-state index contributed by atoms with van der Waals surface area (Å²) in [5, 5.41) is 9.70. The van der Waals surface area contributed by atoms with Crippen LogP contribution in [0.25, 0.3) is 22.9 Å². The zero-order valence-electron chi connectivity index (χ0n) is 16.5. The highest BCUT2D eigenvalue weighted by atomic mass is 16.5. The van der Waals surface area contributed by atoms with E-state index in [0.717, 1.165) is 5.69 Å². The average Bonchev–Trinajstić information content (AvgIpc) is 3.36. The van der Waals surface area contributed by atoms with Crippen molar-refractivity contribution in [2.45, 2.75) is 20.3 Å². The molecule has 2 amide bonds. The number of rotatable bonds is 0. The van der Waals surface area contributed by atoms with Crippen LogP contribution in [0, 0.1) is 13.8 Å². The van der Waals surface area contributed by atoms with Crippen LogP contribution in [0.5, 0.6) is 5.88 Å². The van der Waals surface area contributed by atoms with Gasteiger partial charge in [-0.1, -0.05) is 0 Å². The van der Waals surface area contributed by atoms with Crippen LogP contribution in [0.4, 0.5) is 5.69 Å². The summed E-state index contributed by atoms with van der Waals surface area (Å²) in [6.07, 6.45) is 2.26. The molecule has 0 fully saturated rings. The van der Waals surface area contributed by atoms with Gasteiger partial charge in [0.25, 0.3) is 17.7 Å². The van der Waals surface area contributed by atoms with Crippen LogP contribution >= 0.6 is 0 Å². The van der Waals surface area contributed by atoms with Crippen LogP contribution in [0.2, 0.25) is 0 Å². The predicted molar refractivity (Wildman–Crippen MR) is 109 cm³/mol. The van der Waals surface area contributed by atoms with Crippen LogP contribution in [-0.4, -0.2) is 40.1 Å². The third-order valence-electron chi connectivity index (χ3n) is 5.09. The molecule has 0 aliphatic carbocycles. The van der Waals surface area contributed by atoms with Gasteiger partial charge in [0.05, 0.1) is 34.8 Å². The van der Waals surface area contributed by atoms with E-state index >= 15 is 0 Å². The number of anilines is 1. The molecule has 0 radical (unpaired) electrons. The summed E-state index contributed by atoms with van der Waals surface area (Å²) in [6, 6.07) is 5.35. The Kier molecular flexibility index (Phi) is 4.16. The van der Waals surface area contributed by atoms with Gasteiger partial charge in [0, 0.05) is 12.2 Å². The van der Waals surface area contributed by atoms with Crippen molar-refractivity contribution in [2.75, 3.05) is 18.5 Å². The zero-order valence-corrected chi connectivity index (χ0v) is 16.5. The number of nitrogens with zero attached hydrogens (tertiary/aromatic N) is 2. The number of aromatic nitrogens is 3. The number of aromatic amines is 1. The second-order valence-corrected chi connectivity index (χ2v) is 7.26. The Labute approximate surface area is 171 Å². The van der Waals surface area contributed by atoms with Crippen LogP contribution < -0.4 is 15.4 Å². The van der Waals surface area contributed by atoms with Gasteiger partial charge in [0.15, 0.2) is 0 Å². The second-order valence-electron chi connectivity index (χ2n) is 7.26. The molecule has 30 heavy (non-hydrogen) atoms. The first kappa shape index (κ1) is 18.2. The largest absolute Gasteiger partial charge is 0.475 e. The lowest BCUT2D eigenvalue weighted by atomic mass is 10.1. The highest BCUT2D eigenvalue weighted by Gasteiger charge is 2.29. The highest BCUT2D eigenvalue weighted by Crippen LogP contribution is 2.37. The standard InChI is InChI=1S/C21H19N5O4/c1-10-8-12-16(23-10)9-13-18-15(25-20(13)28)5-4-14(24-18)17-11(2)30-26-21(17)29-7-3-6-22-19(12)27/h4-5,8-9,23H,3,6-7H2,1-2H3,(H,22,27)(H,25,28)/b13-9-. The molecule has 3 aromatic heterocycles. The number of fused-ring (bicyclic) bond motifs is 4. The van der Waals surface area contributed by atoms with Gasteiger partial charge < -0.3 is 24.9 Å². The summed E-state index contributed by atoms with van der Waals surface area (Å²) in [5.41, 5.74) is 4.56. The number of pyridine rings is 1. The Bertz CT molecular complexity index is 1220. The molecule has 0 spiro atoms. The van der Waals surface area contributed by atoms with E-state index in [-0.39, 0.29) is 11.8 Å². The molecule has 0 unspecified atom stereocenters. The maximum absolute atomic E-state index is 12.7. The van der Waals surface area contributed by atoms with Crippen molar-refractivity contribution in [3.05, 3.63) is 46.6 Å². The fourth-order valence-electron chi connectivity index (χ4n) is 3.67. The van der Waals surface area contributed by atoms with E-state index in [1.165, 1.54) is 0 Å². The van der Waals surface area contributed by atoms with Crippen LogP contribution in [-0.2, 0) is 4.79 Å². The quantitative estimate of drug-likeness (QED) is 0.529. The fourth-order valence-corrected chi connectivity index (χ4v) is 3.67. The van der Waals surface area contributed by atoms with Crippen molar-refractivity contribution < 1.29 is 18.8 Å². The first-order valence-corrected chi connectivity index (χ1v) is 9.63. The minimum Gasteiger partial charge on any atom is -0.475 e. The van der Waals surface area contributed by atoms with Gasteiger partial charge >= 0.3 is 0 Å². The Morgan fingerprint density at radius 1 is 1.13 bits per heavy atom. The summed E-state index contributed by atoms with van der Waals surface area (Å²) in [5.74, 6) is 0.403. The monoisotopic (exact) mass is 405 g/mol. The molecule has 9 nitrogen and oxygen atoms in total. The van der Waals surface area contributed by atoms with E-state index in [4.69, 9.17) is 14.2 Å². The third kappa shape index (κ3) is 2.95. The molecule has 2 bridgehead atoms. The Hall–Kier alpha value is -3.88. The molecule has 5 rings (SSSR count). The molecule has 0 atom stereocenters. The number of hydrogen-bond donors (Lipinski definition) is 3. The average molecular weight is 405 g/mol. The lowest BCUT2D eigenvalue weighted by molar-refractivity contribution is -0.110. The third-order valence-corrected chi connectivity index (χ3v) is 5.09. The number of carbonyl (C=O) groups is 2. The molecular weight excluding hydrogens is 386 g/mol. The van der Waals surface area contributed by atoms with E-state index in [1.54, 1.807) is 31.2 Å². The first-order chi connectivity index (χ1) is 14.5. The number of hydrogen-bond acceptors (Lipinski definition) is 6. The van der Waals surface area contributed by atoms with Crippen LogP contribution in [0.1, 0.15) is 39.6 Å². The van der Waals surface area contributed by atoms with Crippen molar-refractivity contribution in [3.8, 4) is 17.1 Å². The van der Waals surface area contributed by atoms with E-state index in [9.17, 15) is 9.59 Å². The maximum atomic E-state index is 12.7. The number of carbonyl (C=O) groups excluding carboxylic acids is 2. The van der Waals surface area contributed by atoms with Gasteiger partial charge in [-0.2, -0.15) is 0 Å². The lowest BCUT2D eigenvalue weighted by Gasteiger charge is -2.07. The van der Waals surface area contributed by atoms with Gasteiger partial charge in [-0.25, -0.2) is 4.98 Å². The Morgan fingerprint density at radius 3 is 2.87 bits per heavy atom. The van der Waals surface area contributed by atoms with Gasteiger partial charge in [-0.3, -0.25) is 9.59 Å². The van der Waals surface area contributed by atoms with Crippen molar-refractivity contribution in [2.24, 2.45) is 0 Å². The van der Waals surface area contributed by atoms with E-state index in [2.05, 4.69) is 20.8 Å². The first-order valence-electron chi connectivity index (χ1n) is 9.63. The van der Waals surface area contributed by atoms with Gasteiger partial charge in [0.1, 0.15) is 17.0 Å². The number of ether oxygens (including phenoxy) is 1. The number of amides is 2. The van der Waals surface area contributed by atoms with Crippen molar-refractivity contribution in [3.63, 3.8) is 0 Å². The fraction of sp³-hybridized carbons (Fsp3) is 0.238. The summed E-state index contributed by atoms with van der Waals surface area (Å²) in [6.45, 7) is 4.43. The molecule has 5 heterocycles. The lowest BCUT2D eigenvalue weighted by Crippen LogP contribution is -2.25. The highest BCUT2D eigenvalue weighted by molar-refractivity contribution is 6.34. The minimum absolute atomic E-state index is 0.223. The summed E-state index contributed by atoms with van der Waals surface area (Å²) in [4.78, 5) is 33.2. The van der Waals surface area contributed by atoms with Gasteiger partial charge in [-0.15, -0.1) is 0 Å². The van der Waals surface area contributed by atoms with Crippen molar-refractivity contribution in [1.82, 2.24) is 20.4 Å². The maximum Gasteiger partial charge on any atom is 0.263 e. The second kappa shape index (κ2) is 6.87. The summed E-state index contributed by atoms with van der Waals surface area (Å²) >= 11 is 0. The SMILES string of the molecule is Cc1cc2c([nH]1)/C=C1\C(=O)Nc3ccc(nc31)-c1c(noc1C)OCCCNC2=O. The van der Waals surface area contributed by atoms with Crippen LogP contribution in [0.3, 0.4) is 0 Å². The Balaban J connectivity index is 1.71. The molecule has 0 saturated heterocycles. The van der Waals surface area contributed by atoms with Crippen LogP contribution in [0.15, 0.2) is 22.7 Å². The van der Waals surface area contributed by atoms with E-state index in [0.29, 0.717) is 70.7 Å². The summed E-state index contributed by atoms with van der Waals surface area (Å²) < 4.78 is 11.1. The molecule has 3 aromatic rings. The molecule has 152 valence electrons. The number of H-pyrrole nitrogens is 1. The van der Waals surface area contributed by atoms with Crippen molar-refractivity contribution in [1.29, 1.82) is 0 Å². The zero-order chi connectivity index (χ0) is 20.8.